The highest BCUT2D eigenvalue weighted by molar-refractivity contribution is 5.86. The number of fused-ring (bicyclic) bond motifs is 1. The fraction of sp³-hybridized carbons (Fsp3) is 0.182. The van der Waals surface area contributed by atoms with Crippen molar-refractivity contribution in [2.24, 2.45) is 0 Å². The summed E-state index contributed by atoms with van der Waals surface area (Å²) in [5.41, 5.74) is 1.56. The highest BCUT2D eigenvalue weighted by Gasteiger charge is 2.20. The molecule has 16 heavy (non-hydrogen) atoms. The quantitative estimate of drug-likeness (QED) is 0.482. The van der Waals surface area contributed by atoms with Gasteiger partial charge in [-0.2, -0.15) is 0 Å². The van der Waals surface area contributed by atoms with Gasteiger partial charge >= 0.3 is 0 Å². The van der Waals surface area contributed by atoms with E-state index in [9.17, 15) is 14.9 Å². The summed E-state index contributed by atoms with van der Waals surface area (Å²) in [6.07, 6.45) is 2.28. The fourth-order valence-electron chi connectivity index (χ4n) is 1.78. The Morgan fingerprint density at radius 1 is 1.44 bits per heavy atom. The van der Waals surface area contributed by atoms with Gasteiger partial charge in [-0.25, -0.2) is 0 Å². The van der Waals surface area contributed by atoms with Crippen molar-refractivity contribution in [2.45, 2.75) is 5.92 Å². The topological polar surface area (TPSA) is 76.0 Å². The zero-order chi connectivity index (χ0) is 11.5. The molecule has 82 valence electrons. The lowest BCUT2D eigenvalue weighted by molar-refractivity contribution is -0.481. The summed E-state index contributed by atoms with van der Waals surface area (Å²) in [6.45, 7) is -0.370. The lowest BCUT2D eigenvalue weighted by atomic mass is 10.0. The van der Waals surface area contributed by atoms with Crippen LogP contribution in [0, 0.1) is 10.1 Å². The molecule has 1 aromatic heterocycles. The molecule has 1 N–H and O–H groups in total. The van der Waals surface area contributed by atoms with E-state index >= 15 is 0 Å². The number of H-pyrrole nitrogens is 1. The maximum atomic E-state index is 10.9. The Morgan fingerprint density at radius 2 is 2.19 bits per heavy atom. The summed E-state index contributed by atoms with van der Waals surface area (Å²) in [5.74, 6) is -0.689. The van der Waals surface area contributed by atoms with Crippen LogP contribution in [0.5, 0.6) is 0 Å². The van der Waals surface area contributed by atoms with Crippen molar-refractivity contribution >= 4 is 17.2 Å². The summed E-state index contributed by atoms with van der Waals surface area (Å²) >= 11 is 0. The lowest BCUT2D eigenvalue weighted by Gasteiger charge is -2.03. The van der Waals surface area contributed by atoms with Gasteiger partial charge in [0.25, 0.3) is 0 Å². The number of aromatic nitrogens is 1. The number of para-hydroxylation sites is 1. The largest absolute Gasteiger partial charge is 0.361 e. The van der Waals surface area contributed by atoms with Gasteiger partial charge in [0.1, 0.15) is 12.2 Å². The zero-order valence-electron chi connectivity index (χ0n) is 8.42. The summed E-state index contributed by atoms with van der Waals surface area (Å²) in [7, 11) is 0. The minimum Gasteiger partial charge on any atom is -0.361 e. The van der Waals surface area contributed by atoms with Gasteiger partial charge in [-0.3, -0.25) is 10.1 Å². The van der Waals surface area contributed by atoms with Crippen molar-refractivity contribution in [1.29, 1.82) is 0 Å². The standard InChI is InChI=1S/C11H10N2O3/c14-7-8(6-13(15)16)10-5-12-11-4-2-1-3-9(10)11/h1-5,7-8,12H,6H2. The molecule has 1 aromatic carbocycles. The molecule has 0 aliphatic rings. The Balaban J connectivity index is 2.44. The zero-order valence-corrected chi connectivity index (χ0v) is 8.42. The van der Waals surface area contributed by atoms with Crippen LogP contribution in [0.3, 0.4) is 0 Å². The van der Waals surface area contributed by atoms with Gasteiger partial charge in [-0.1, -0.05) is 18.2 Å². The normalized spacial score (nSPS) is 12.5. The third-order valence-corrected chi connectivity index (χ3v) is 2.53. The second-order valence-corrected chi connectivity index (χ2v) is 3.55. The molecule has 5 nitrogen and oxygen atoms in total. The van der Waals surface area contributed by atoms with Crippen molar-refractivity contribution in [3.8, 4) is 0 Å². The molecule has 1 unspecified atom stereocenters. The molecule has 0 spiro atoms. The molecular formula is C11H10N2O3. The van der Waals surface area contributed by atoms with Crippen molar-refractivity contribution < 1.29 is 9.72 Å². The molecule has 1 atom stereocenters. The Bertz CT molecular complexity index is 533. The van der Waals surface area contributed by atoms with Gasteiger partial charge in [-0.05, 0) is 11.6 Å². The average molecular weight is 218 g/mol. The monoisotopic (exact) mass is 218 g/mol. The predicted molar refractivity (Wildman–Crippen MR) is 59.0 cm³/mol. The Kier molecular flexibility index (Phi) is 2.68. The van der Waals surface area contributed by atoms with Crippen molar-refractivity contribution in [3.05, 3.63) is 46.1 Å². The van der Waals surface area contributed by atoms with E-state index in [1.54, 1.807) is 6.20 Å². The van der Waals surface area contributed by atoms with E-state index in [1.807, 2.05) is 24.3 Å². The van der Waals surface area contributed by atoms with Gasteiger partial charge in [0.05, 0.1) is 0 Å². The van der Waals surface area contributed by atoms with Gasteiger partial charge in [0, 0.05) is 22.0 Å². The van der Waals surface area contributed by atoms with E-state index in [1.165, 1.54) is 0 Å². The van der Waals surface area contributed by atoms with E-state index in [-0.39, 0.29) is 6.54 Å². The van der Waals surface area contributed by atoms with Crippen LogP contribution < -0.4 is 0 Å². The van der Waals surface area contributed by atoms with Gasteiger partial charge in [0.15, 0.2) is 0 Å². The summed E-state index contributed by atoms with van der Waals surface area (Å²) in [6, 6.07) is 7.42. The Morgan fingerprint density at radius 3 is 2.88 bits per heavy atom. The van der Waals surface area contributed by atoms with E-state index in [0.717, 1.165) is 10.9 Å². The molecule has 0 aliphatic carbocycles. The van der Waals surface area contributed by atoms with Gasteiger partial charge in [0.2, 0.25) is 6.54 Å². The van der Waals surface area contributed by atoms with Gasteiger partial charge < -0.3 is 9.78 Å². The van der Waals surface area contributed by atoms with E-state index in [0.29, 0.717) is 11.8 Å². The summed E-state index contributed by atoms with van der Waals surface area (Å²) < 4.78 is 0. The number of nitrogens with one attached hydrogen (secondary N) is 1. The highest BCUT2D eigenvalue weighted by atomic mass is 16.6. The number of carbonyl (C=O) groups excluding carboxylic acids is 1. The SMILES string of the molecule is O=CC(C[N+](=O)[O-])c1c[nH]c2ccccc12. The molecule has 0 saturated carbocycles. The smallest absolute Gasteiger partial charge is 0.217 e. The van der Waals surface area contributed by atoms with E-state index < -0.39 is 10.8 Å². The van der Waals surface area contributed by atoms with Crippen LogP contribution in [0.4, 0.5) is 0 Å². The molecule has 1 heterocycles. The van der Waals surface area contributed by atoms with Crippen LogP contribution in [0.2, 0.25) is 0 Å². The minimum atomic E-state index is -0.689. The second kappa shape index (κ2) is 4.14. The first kappa shape index (κ1) is 10.4. The van der Waals surface area contributed by atoms with Crippen LogP contribution in [0.25, 0.3) is 10.9 Å². The first-order chi connectivity index (χ1) is 7.72. The highest BCUT2D eigenvalue weighted by Crippen LogP contribution is 2.24. The number of rotatable bonds is 4. The van der Waals surface area contributed by atoms with Crippen LogP contribution >= 0.6 is 0 Å². The van der Waals surface area contributed by atoms with E-state index in [4.69, 9.17) is 0 Å². The number of hydrogen-bond donors (Lipinski definition) is 1. The molecule has 0 radical (unpaired) electrons. The molecule has 0 fully saturated rings. The van der Waals surface area contributed by atoms with Crippen LogP contribution in [-0.4, -0.2) is 22.7 Å². The maximum absolute atomic E-state index is 10.9. The first-order valence-corrected chi connectivity index (χ1v) is 4.85. The predicted octanol–water partition coefficient (Wildman–Crippen LogP) is 1.73. The van der Waals surface area contributed by atoms with Crippen molar-refractivity contribution in [3.63, 3.8) is 0 Å². The molecule has 2 rings (SSSR count). The third-order valence-electron chi connectivity index (χ3n) is 2.53. The molecular weight excluding hydrogens is 208 g/mol. The number of aromatic amines is 1. The number of nitrogens with zero attached hydrogens (tertiary/aromatic N) is 1. The molecule has 0 aliphatic heterocycles. The van der Waals surface area contributed by atoms with Crippen molar-refractivity contribution in [2.75, 3.05) is 6.54 Å². The van der Waals surface area contributed by atoms with Gasteiger partial charge in [-0.15, -0.1) is 0 Å². The number of aldehydes is 1. The molecule has 5 heteroatoms. The van der Waals surface area contributed by atoms with Crippen LogP contribution in [-0.2, 0) is 4.79 Å². The summed E-state index contributed by atoms with van der Waals surface area (Å²) in [5, 5.41) is 11.3. The van der Waals surface area contributed by atoms with E-state index in [2.05, 4.69) is 4.98 Å². The Labute approximate surface area is 91.2 Å². The number of benzene rings is 1. The first-order valence-electron chi connectivity index (χ1n) is 4.85. The number of carbonyl (C=O) groups is 1. The van der Waals surface area contributed by atoms with Crippen molar-refractivity contribution in [1.82, 2.24) is 4.98 Å². The molecule has 0 bridgehead atoms. The van der Waals surface area contributed by atoms with Crippen LogP contribution in [0.15, 0.2) is 30.5 Å². The second-order valence-electron chi connectivity index (χ2n) is 3.55. The maximum Gasteiger partial charge on any atom is 0.217 e. The Hall–Kier alpha value is -2.17. The number of hydrogen-bond acceptors (Lipinski definition) is 3. The summed E-state index contributed by atoms with van der Waals surface area (Å²) in [4.78, 5) is 23.8. The molecule has 2 aromatic rings. The minimum absolute atomic E-state index is 0.370. The average Bonchev–Trinajstić information content (AvgIpc) is 2.69. The molecule has 0 amide bonds. The van der Waals surface area contributed by atoms with Crippen LogP contribution in [0.1, 0.15) is 11.5 Å². The molecule has 0 saturated heterocycles. The third kappa shape index (κ3) is 1.79. The fourth-order valence-corrected chi connectivity index (χ4v) is 1.78. The number of nitro groups is 1. The lowest BCUT2D eigenvalue weighted by Crippen LogP contribution is -2.13.